The van der Waals surface area contributed by atoms with Gasteiger partial charge in [0.1, 0.15) is 18.1 Å². The van der Waals surface area contributed by atoms with Gasteiger partial charge in [-0.15, -0.1) is 0 Å². The molecular formula is C25H29ClN4O3. The molecule has 1 aromatic heterocycles. The predicted molar refractivity (Wildman–Crippen MR) is 130 cm³/mol. The molecule has 0 unspecified atom stereocenters. The van der Waals surface area contributed by atoms with Crippen molar-refractivity contribution in [3.63, 3.8) is 0 Å². The molecule has 1 aliphatic rings. The molecule has 1 fully saturated rings. The zero-order chi connectivity index (χ0) is 23.0. The SMILES string of the molecule is Cn1nccc1-c1cc(NC(=O)COc2cccc(Cl)c2)ccc1OCCN1CCCCC1. The molecule has 0 bridgehead atoms. The molecule has 0 atom stereocenters. The Labute approximate surface area is 199 Å². The van der Waals surface area contributed by atoms with Crippen LogP contribution in [0.25, 0.3) is 11.3 Å². The first-order valence-electron chi connectivity index (χ1n) is 11.2. The second-order valence-corrected chi connectivity index (χ2v) is 8.53. The number of likely N-dealkylation sites (tertiary alicyclic amines) is 1. The van der Waals surface area contributed by atoms with Crippen molar-refractivity contribution in [2.45, 2.75) is 19.3 Å². The molecule has 33 heavy (non-hydrogen) atoms. The molecule has 2 aromatic carbocycles. The number of halogens is 1. The normalized spacial score (nSPS) is 14.1. The molecule has 1 aliphatic heterocycles. The number of benzene rings is 2. The van der Waals surface area contributed by atoms with E-state index in [-0.39, 0.29) is 12.5 Å². The molecule has 0 spiro atoms. The Morgan fingerprint density at radius 3 is 2.70 bits per heavy atom. The van der Waals surface area contributed by atoms with Crippen LogP contribution in [0.3, 0.4) is 0 Å². The van der Waals surface area contributed by atoms with E-state index in [0.29, 0.717) is 23.1 Å². The molecule has 174 valence electrons. The van der Waals surface area contributed by atoms with E-state index in [1.807, 2.05) is 31.3 Å². The number of amides is 1. The van der Waals surface area contributed by atoms with Gasteiger partial charge in [-0.1, -0.05) is 24.1 Å². The Balaban J connectivity index is 1.41. The number of carbonyl (C=O) groups excluding carboxylic acids is 1. The summed E-state index contributed by atoms with van der Waals surface area (Å²) in [6.45, 7) is 3.68. The molecule has 2 heterocycles. The van der Waals surface area contributed by atoms with Crippen molar-refractivity contribution in [3.8, 4) is 22.8 Å². The number of carbonyl (C=O) groups is 1. The summed E-state index contributed by atoms with van der Waals surface area (Å²) >= 11 is 5.96. The number of aryl methyl sites for hydroxylation is 1. The van der Waals surface area contributed by atoms with Gasteiger partial charge in [-0.3, -0.25) is 14.4 Å². The van der Waals surface area contributed by atoms with Gasteiger partial charge in [0.25, 0.3) is 5.91 Å². The minimum atomic E-state index is -0.260. The second kappa shape index (κ2) is 11.2. The van der Waals surface area contributed by atoms with Crippen LogP contribution in [-0.2, 0) is 11.8 Å². The molecule has 4 rings (SSSR count). The van der Waals surface area contributed by atoms with Gasteiger partial charge in [0.15, 0.2) is 6.61 Å². The fourth-order valence-corrected chi connectivity index (χ4v) is 4.12. The van der Waals surface area contributed by atoms with Gasteiger partial charge < -0.3 is 14.8 Å². The van der Waals surface area contributed by atoms with Gasteiger partial charge in [-0.2, -0.15) is 5.10 Å². The fourth-order valence-electron chi connectivity index (χ4n) is 3.94. The Morgan fingerprint density at radius 1 is 1.09 bits per heavy atom. The summed E-state index contributed by atoms with van der Waals surface area (Å²) in [7, 11) is 1.89. The van der Waals surface area contributed by atoms with Gasteiger partial charge in [-0.05, 0) is 68.4 Å². The van der Waals surface area contributed by atoms with Gasteiger partial charge >= 0.3 is 0 Å². The molecule has 1 N–H and O–H groups in total. The second-order valence-electron chi connectivity index (χ2n) is 8.10. The van der Waals surface area contributed by atoms with Crippen molar-refractivity contribution in [2.75, 3.05) is 38.2 Å². The first kappa shape index (κ1) is 23.1. The van der Waals surface area contributed by atoms with E-state index in [1.165, 1.54) is 19.3 Å². The highest BCUT2D eigenvalue weighted by atomic mass is 35.5. The quantitative estimate of drug-likeness (QED) is 0.496. The highest BCUT2D eigenvalue weighted by molar-refractivity contribution is 6.30. The largest absolute Gasteiger partial charge is 0.492 e. The van der Waals surface area contributed by atoms with E-state index >= 15 is 0 Å². The van der Waals surface area contributed by atoms with Crippen molar-refractivity contribution < 1.29 is 14.3 Å². The maximum Gasteiger partial charge on any atom is 0.262 e. The third-order valence-electron chi connectivity index (χ3n) is 5.64. The summed E-state index contributed by atoms with van der Waals surface area (Å²) in [5, 5.41) is 7.74. The van der Waals surface area contributed by atoms with E-state index in [0.717, 1.165) is 36.6 Å². The van der Waals surface area contributed by atoms with Crippen LogP contribution >= 0.6 is 11.6 Å². The van der Waals surface area contributed by atoms with Gasteiger partial charge in [-0.25, -0.2) is 0 Å². The molecule has 0 saturated carbocycles. The molecule has 8 heteroatoms. The monoisotopic (exact) mass is 468 g/mol. The van der Waals surface area contributed by atoms with Crippen LogP contribution in [0.5, 0.6) is 11.5 Å². The van der Waals surface area contributed by atoms with E-state index in [2.05, 4.69) is 15.3 Å². The van der Waals surface area contributed by atoms with Crippen LogP contribution in [0.1, 0.15) is 19.3 Å². The van der Waals surface area contributed by atoms with Gasteiger partial charge in [0.2, 0.25) is 0 Å². The summed E-state index contributed by atoms with van der Waals surface area (Å²) in [6, 6.07) is 14.5. The summed E-state index contributed by atoms with van der Waals surface area (Å²) < 4.78 is 13.5. The van der Waals surface area contributed by atoms with E-state index in [1.54, 1.807) is 35.1 Å². The third kappa shape index (κ3) is 6.49. The van der Waals surface area contributed by atoms with Crippen molar-refractivity contribution >= 4 is 23.2 Å². The first-order chi connectivity index (χ1) is 16.1. The van der Waals surface area contributed by atoms with Crippen molar-refractivity contribution in [1.82, 2.24) is 14.7 Å². The molecule has 0 aliphatic carbocycles. The molecule has 0 radical (unpaired) electrons. The summed E-state index contributed by atoms with van der Waals surface area (Å²) in [6.07, 6.45) is 5.58. The minimum absolute atomic E-state index is 0.116. The van der Waals surface area contributed by atoms with Crippen molar-refractivity contribution in [2.24, 2.45) is 7.05 Å². The van der Waals surface area contributed by atoms with Crippen LogP contribution in [-0.4, -0.2) is 53.4 Å². The van der Waals surface area contributed by atoms with Crippen LogP contribution in [0.4, 0.5) is 5.69 Å². The Bertz CT molecular complexity index is 1080. The first-order valence-corrected chi connectivity index (χ1v) is 11.6. The van der Waals surface area contributed by atoms with E-state index in [4.69, 9.17) is 21.1 Å². The average molecular weight is 469 g/mol. The zero-order valence-corrected chi connectivity index (χ0v) is 19.6. The molecule has 1 amide bonds. The predicted octanol–water partition coefficient (Wildman–Crippen LogP) is 4.62. The lowest BCUT2D eigenvalue weighted by atomic mass is 10.1. The highest BCUT2D eigenvalue weighted by Gasteiger charge is 2.14. The number of nitrogens with zero attached hydrogens (tertiary/aromatic N) is 3. The summed E-state index contributed by atoms with van der Waals surface area (Å²) in [4.78, 5) is 14.9. The topological polar surface area (TPSA) is 68.6 Å². The smallest absolute Gasteiger partial charge is 0.262 e. The van der Waals surface area contributed by atoms with Gasteiger partial charge in [0.05, 0.1) is 5.69 Å². The highest BCUT2D eigenvalue weighted by Crippen LogP contribution is 2.32. The Morgan fingerprint density at radius 2 is 1.94 bits per heavy atom. The standard InChI is InChI=1S/C25H29ClN4O3/c1-29-23(10-11-27-29)22-17-20(28-25(31)18-33-21-7-5-6-19(26)16-21)8-9-24(22)32-15-14-30-12-3-2-4-13-30/h5-11,16-17H,2-4,12-15,18H2,1H3,(H,28,31). The summed E-state index contributed by atoms with van der Waals surface area (Å²) in [5.41, 5.74) is 2.45. The van der Waals surface area contributed by atoms with Crippen molar-refractivity contribution in [1.29, 1.82) is 0 Å². The zero-order valence-electron chi connectivity index (χ0n) is 18.8. The van der Waals surface area contributed by atoms with Crippen LogP contribution in [0, 0.1) is 0 Å². The number of ether oxygens (including phenoxy) is 2. The van der Waals surface area contributed by atoms with Crippen molar-refractivity contribution in [3.05, 3.63) is 59.8 Å². The lowest BCUT2D eigenvalue weighted by Gasteiger charge is -2.26. The lowest BCUT2D eigenvalue weighted by Crippen LogP contribution is -2.33. The molecule has 7 nitrogen and oxygen atoms in total. The number of hydrogen-bond acceptors (Lipinski definition) is 5. The van der Waals surface area contributed by atoms with Crippen LogP contribution in [0.15, 0.2) is 54.7 Å². The fraction of sp³-hybridized carbons (Fsp3) is 0.360. The number of piperidine rings is 1. The van der Waals surface area contributed by atoms with E-state index in [9.17, 15) is 4.79 Å². The molecular weight excluding hydrogens is 440 g/mol. The molecule has 3 aromatic rings. The Hall–Kier alpha value is -3.03. The number of rotatable bonds is 9. The molecule has 1 saturated heterocycles. The maximum absolute atomic E-state index is 12.4. The number of nitrogens with one attached hydrogen (secondary N) is 1. The number of aromatic nitrogens is 2. The number of anilines is 1. The number of hydrogen-bond donors (Lipinski definition) is 1. The van der Waals surface area contributed by atoms with Gasteiger partial charge in [0, 0.05) is 36.1 Å². The minimum Gasteiger partial charge on any atom is -0.492 e. The third-order valence-corrected chi connectivity index (χ3v) is 5.88. The lowest BCUT2D eigenvalue weighted by molar-refractivity contribution is -0.118. The van der Waals surface area contributed by atoms with Crippen LogP contribution < -0.4 is 14.8 Å². The summed E-state index contributed by atoms with van der Waals surface area (Å²) in [5.74, 6) is 1.05. The average Bonchev–Trinajstić information content (AvgIpc) is 3.25. The Kier molecular flexibility index (Phi) is 7.86. The van der Waals surface area contributed by atoms with E-state index < -0.39 is 0 Å². The van der Waals surface area contributed by atoms with Crippen LogP contribution in [0.2, 0.25) is 5.02 Å². The maximum atomic E-state index is 12.4.